The van der Waals surface area contributed by atoms with E-state index >= 15 is 0 Å². The summed E-state index contributed by atoms with van der Waals surface area (Å²) in [7, 11) is 2.71. The molecular weight excluding hydrogens is 390 g/mol. The van der Waals surface area contributed by atoms with E-state index in [0.29, 0.717) is 12.1 Å². The smallest absolute Gasteiger partial charge is 0.286 e. The number of allylic oxidation sites excluding steroid dienone is 3. The number of nitro benzene ring substituents is 1. The maximum absolute atomic E-state index is 12.7. The molecule has 3 rings (SSSR count). The molecule has 1 N–H and O–H groups in total. The molecule has 0 fully saturated rings. The number of benzene rings is 1. The summed E-state index contributed by atoms with van der Waals surface area (Å²) in [6, 6.07) is 2.36. The number of hydrogen-bond acceptors (Lipinski definition) is 6. The van der Waals surface area contributed by atoms with E-state index in [-0.39, 0.29) is 34.6 Å². The highest BCUT2D eigenvalue weighted by Gasteiger charge is 2.29. The van der Waals surface area contributed by atoms with Gasteiger partial charge in [0, 0.05) is 23.3 Å². The molecule has 0 radical (unpaired) electrons. The van der Waals surface area contributed by atoms with Crippen molar-refractivity contribution in [3.63, 3.8) is 0 Å². The Morgan fingerprint density at radius 2 is 1.93 bits per heavy atom. The van der Waals surface area contributed by atoms with E-state index in [1.165, 1.54) is 20.3 Å². The zero-order valence-corrected chi connectivity index (χ0v) is 17.0. The van der Waals surface area contributed by atoms with Crippen molar-refractivity contribution in [1.29, 1.82) is 0 Å². The number of amides is 2. The lowest BCUT2D eigenvalue weighted by Crippen LogP contribution is -2.36. The second-order valence-corrected chi connectivity index (χ2v) is 6.73. The lowest BCUT2D eigenvalue weighted by molar-refractivity contribution is -0.385. The van der Waals surface area contributed by atoms with Gasteiger partial charge in [0.05, 0.1) is 30.9 Å². The molecule has 9 heteroatoms. The summed E-state index contributed by atoms with van der Waals surface area (Å²) >= 11 is 0. The third-order valence-corrected chi connectivity index (χ3v) is 5.09. The Morgan fingerprint density at radius 3 is 2.53 bits per heavy atom. The van der Waals surface area contributed by atoms with Gasteiger partial charge in [-0.15, -0.1) is 0 Å². The first kappa shape index (κ1) is 21.0. The standard InChI is InChI=1S/C21H21N3O6/c1-5-13-11(2)14-7-6-12(8-16(14)23-20(13)25)22-21(26)15-9-18(29-3)19(30-4)10-17(15)24(27)28/h6-10,14H,5H2,1-4H3,(H,23,25). The van der Waals surface area contributed by atoms with Crippen LogP contribution >= 0.6 is 0 Å². The summed E-state index contributed by atoms with van der Waals surface area (Å²) in [6.07, 6.45) is 5.72. The van der Waals surface area contributed by atoms with Crippen LogP contribution < -0.4 is 14.8 Å². The molecule has 1 atom stereocenters. The number of rotatable bonds is 5. The summed E-state index contributed by atoms with van der Waals surface area (Å²) in [5.41, 5.74) is 1.92. The van der Waals surface area contributed by atoms with Crippen LogP contribution in [0.2, 0.25) is 0 Å². The van der Waals surface area contributed by atoms with Gasteiger partial charge in [-0.3, -0.25) is 19.7 Å². The van der Waals surface area contributed by atoms with Crippen molar-refractivity contribution < 1.29 is 24.0 Å². The summed E-state index contributed by atoms with van der Waals surface area (Å²) in [5, 5.41) is 14.3. The maximum atomic E-state index is 12.7. The molecule has 0 saturated heterocycles. The second kappa shape index (κ2) is 8.32. The molecule has 1 heterocycles. The normalized spacial score (nSPS) is 19.2. The number of carbonyl (C=O) groups excluding carboxylic acids is 2. The highest BCUT2D eigenvalue weighted by Crippen LogP contribution is 2.35. The number of nitrogens with one attached hydrogen (secondary N) is 1. The van der Waals surface area contributed by atoms with Crippen molar-refractivity contribution in [2.45, 2.75) is 20.3 Å². The highest BCUT2D eigenvalue weighted by molar-refractivity contribution is 6.15. The fraction of sp³-hybridized carbons (Fsp3) is 0.286. The summed E-state index contributed by atoms with van der Waals surface area (Å²) in [4.78, 5) is 39.8. The van der Waals surface area contributed by atoms with Crippen LogP contribution in [-0.2, 0) is 4.79 Å². The molecule has 1 aliphatic heterocycles. The van der Waals surface area contributed by atoms with Crippen molar-refractivity contribution in [2.75, 3.05) is 14.2 Å². The molecular formula is C21H21N3O6. The van der Waals surface area contributed by atoms with Gasteiger partial charge in [-0.05, 0) is 25.5 Å². The number of methoxy groups -OCH3 is 2. The van der Waals surface area contributed by atoms with E-state index in [1.54, 1.807) is 12.2 Å². The Labute approximate surface area is 172 Å². The molecule has 0 aromatic heterocycles. The van der Waals surface area contributed by atoms with Crippen molar-refractivity contribution in [3.05, 3.63) is 62.9 Å². The van der Waals surface area contributed by atoms with E-state index in [0.717, 1.165) is 17.2 Å². The van der Waals surface area contributed by atoms with Gasteiger partial charge in [-0.1, -0.05) is 18.6 Å². The summed E-state index contributed by atoms with van der Waals surface area (Å²) in [6.45, 7) is 3.82. The molecule has 2 aliphatic rings. The van der Waals surface area contributed by atoms with Crippen molar-refractivity contribution in [1.82, 2.24) is 5.32 Å². The Hall–Kier alpha value is -3.75. The molecule has 0 bridgehead atoms. The number of hydrogen-bond donors (Lipinski definition) is 1. The Balaban J connectivity index is 1.99. The zero-order chi connectivity index (χ0) is 22.0. The predicted molar refractivity (Wildman–Crippen MR) is 110 cm³/mol. The van der Waals surface area contributed by atoms with Gasteiger partial charge >= 0.3 is 0 Å². The van der Waals surface area contributed by atoms with Crippen LogP contribution in [0.4, 0.5) is 5.69 Å². The van der Waals surface area contributed by atoms with Gasteiger partial charge in [-0.2, -0.15) is 0 Å². The number of carbonyl (C=O) groups is 2. The second-order valence-electron chi connectivity index (χ2n) is 6.73. The van der Waals surface area contributed by atoms with E-state index in [9.17, 15) is 19.7 Å². The molecule has 1 unspecified atom stereocenters. The van der Waals surface area contributed by atoms with Crippen LogP contribution in [0, 0.1) is 16.0 Å². The van der Waals surface area contributed by atoms with Gasteiger partial charge in [0.1, 0.15) is 5.56 Å². The average molecular weight is 411 g/mol. The minimum atomic E-state index is -0.804. The lowest BCUT2D eigenvalue weighted by Gasteiger charge is -2.29. The van der Waals surface area contributed by atoms with E-state index in [2.05, 4.69) is 10.3 Å². The van der Waals surface area contributed by atoms with E-state index < -0.39 is 16.5 Å². The monoisotopic (exact) mass is 411 g/mol. The summed E-state index contributed by atoms with van der Waals surface area (Å²) < 4.78 is 10.2. The molecule has 9 nitrogen and oxygen atoms in total. The van der Waals surface area contributed by atoms with Crippen LogP contribution in [0.5, 0.6) is 11.5 Å². The SMILES string of the molecule is CCC1=C(C)C2C=CC(=NC(=O)c3cc(OC)c(OC)cc3[N+](=O)[O-])C=C2NC1=O. The quantitative estimate of drug-likeness (QED) is 0.587. The fourth-order valence-electron chi connectivity index (χ4n) is 3.54. The Morgan fingerprint density at radius 1 is 1.27 bits per heavy atom. The minimum absolute atomic E-state index is 0.0953. The third kappa shape index (κ3) is 3.73. The minimum Gasteiger partial charge on any atom is -0.493 e. The first-order valence-electron chi connectivity index (χ1n) is 9.24. The zero-order valence-electron chi connectivity index (χ0n) is 17.0. The van der Waals surface area contributed by atoms with Crippen LogP contribution in [0.3, 0.4) is 0 Å². The molecule has 1 aromatic carbocycles. The van der Waals surface area contributed by atoms with Crippen molar-refractivity contribution in [2.24, 2.45) is 10.9 Å². The first-order chi connectivity index (χ1) is 14.3. The molecule has 156 valence electrons. The van der Waals surface area contributed by atoms with Crippen LogP contribution in [0.15, 0.2) is 52.2 Å². The number of ether oxygens (including phenoxy) is 2. The van der Waals surface area contributed by atoms with Gasteiger partial charge in [0.15, 0.2) is 11.5 Å². The van der Waals surface area contributed by atoms with Crippen LogP contribution in [-0.4, -0.2) is 36.7 Å². The lowest BCUT2D eigenvalue weighted by atomic mass is 9.84. The predicted octanol–water partition coefficient (Wildman–Crippen LogP) is 3.12. The van der Waals surface area contributed by atoms with Gasteiger partial charge in [0.25, 0.3) is 17.5 Å². The van der Waals surface area contributed by atoms with E-state index in [4.69, 9.17) is 9.47 Å². The van der Waals surface area contributed by atoms with Crippen molar-refractivity contribution >= 4 is 23.2 Å². The largest absolute Gasteiger partial charge is 0.493 e. The topological polar surface area (TPSA) is 120 Å². The number of aliphatic imine (C=N–C) groups is 1. The molecule has 30 heavy (non-hydrogen) atoms. The number of fused-ring (bicyclic) bond motifs is 1. The number of nitrogens with zero attached hydrogens (tertiary/aromatic N) is 2. The average Bonchev–Trinajstić information content (AvgIpc) is 2.72. The molecule has 2 amide bonds. The molecule has 0 spiro atoms. The van der Waals surface area contributed by atoms with Crippen molar-refractivity contribution in [3.8, 4) is 11.5 Å². The van der Waals surface area contributed by atoms with Gasteiger partial charge in [0.2, 0.25) is 0 Å². The summed E-state index contributed by atoms with van der Waals surface area (Å²) in [5.74, 6) is -0.760. The Bertz CT molecular complexity index is 1060. The van der Waals surface area contributed by atoms with Gasteiger partial charge < -0.3 is 14.8 Å². The molecule has 1 aromatic rings. The van der Waals surface area contributed by atoms with Crippen LogP contribution in [0.1, 0.15) is 30.6 Å². The Kier molecular flexibility index (Phi) is 5.81. The maximum Gasteiger partial charge on any atom is 0.286 e. The number of nitro groups is 1. The van der Waals surface area contributed by atoms with Gasteiger partial charge in [-0.25, -0.2) is 4.99 Å². The highest BCUT2D eigenvalue weighted by atomic mass is 16.6. The molecule has 0 saturated carbocycles. The molecule has 1 aliphatic carbocycles. The fourth-order valence-corrected chi connectivity index (χ4v) is 3.54. The first-order valence-corrected chi connectivity index (χ1v) is 9.24. The van der Waals surface area contributed by atoms with E-state index in [1.807, 2.05) is 19.9 Å². The van der Waals surface area contributed by atoms with Crippen LogP contribution in [0.25, 0.3) is 0 Å². The third-order valence-electron chi connectivity index (χ3n) is 5.09.